The Labute approximate surface area is 105 Å². The van der Waals surface area contributed by atoms with Crippen molar-refractivity contribution in [2.75, 3.05) is 0 Å². The van der Waals surface area contributed by atoms with Crippen molar-refractivity contribution in [1.29, 1.82) is 0 Å². The van der Waals surface area contributed by atoms with Crippen molar-refractivity contribution in [3.63, 3.8) is 0 Å². The lowest BCUT2D eigenvalue weighted by molar-refractivity contribution is 0.112. The molecule has 2 aromatic heterocycles. The molecule has 0 aliphatic carbocycles. The zero-order valence-electron chi connectivity index (χ0n) is 8.37. The monoisotopic (exact) mass is 264 g/mol. The molecule has 0 amide bonds. The summed E-state index contributed by atoms with van der Waals surface area (Å²) < 4.78 is 1.60. The van der Waals surface area contributed by atoms with Crippen LogP contribution in [0.2, 0.25) is 5.02 Å². The number of benzene rings is 1. The second kappa shape index (κ2) is 3.90. The van der Waals surface area contributed by atoms with E-state index in [0.717, 1.165) is 21.8 Å². The number of hydrogen-bond donors (Lipinski definition) is 0. The molecule has 0 unspecified atom stereocenters. The number of fused-ring (bicyclic) bond motifs is 1. The Bertz CT molecular complexity index is 677. The molecule has 0 atom stereocenters. The van der Waals surface area contributed by atoms with Gasteiger partial charge >= 0.3 is 0 Å². The number of hydrogen-bond acceptors (Lipinski definition) is 5. The Morgan fingerprint density at radius 1 is 1.41 bits per heavy atom. The first kappa shape index (κ1) is 10.4. The third-order valence-corrected chi connectivity index (χ3v) is 3.55. The van der Waals surface area contributed by atoms with Crippen LogP contribution >= 0.6 is 22.9 Å². The highest BCUT2D eigenvalue weighted by Gasteiger charge is 2.09. The maximum absolute atomic E-state index is 10.7. The molecular weight excluding hydrogens is 260 g/mol. The van der Waals surface area contributed by atoms with E-state index in [4.69, 9.17) is 11.6 Å². The predicted molar refractivity (Wildman–Crippen MR) is 64.5 cm³/mol. The van der Waals surface area contributed by atoms with Gasteiger partial charge in [0.05, 0.1) is 5.02 Å². The molecule has 1 aromatic carbocycles. The number of nitrogens with zero attached hydrogens (tertiary/aromatic N) is 4. The molecule has 0 fully saturated rings. The smallest absolute Gasteiger partial charge is 0.234 e. The van der Waals surface area contributed by atoms with Gasteiger partial charge in [0.2, 0.25) is 4.96 Å². The number of carbonyl (C=O) groups excluding carboxylic acids is 1. The lowest BCUT2D eigenvalue weighted by atomic mass is 10.1. The molecule has 0 spiro atoms. The largest absolute Gasteiger partial charge is 0.298 e. The number of aromatic nitrogens is 4. The molecule has 5 nitrogen and oxygen atoms in total. The van der Waals surface area contributed by atoms with Crippen LogP contribution in [0.3, 0.4) is 0 Å². The van der Waals surface area contributed by atoms with Gasteiger partial charge in [0.1, 0.15) is 11.3 Å². The molecule has 3 rings (SSSR count). The first-order chi connectivity index (χ1) is 8.28. The summed E-state index contributed by atoms with van der Waals surface area (Å²) in [5.41, 5.74) is 1.33. The molecule has 7 heteroatoms. The summed E-state index contributed by atoms with van der Waals surface area (Å²) in [6.45, 7) is 0. The molecule has 0 bridgehead atoms. The Balaban J connectivity index is 2.12. The molecule has 0 aliphatic heterocycles. The van der Waals surface area contributed by atoms with Crippen LogP contribution in [0, 0.1) is 0 Å². The van der Waals surface area contributed by atoms with Crippen molar-refractivity contribution in [3.05, 3.63) is 35.1 Å². The summed E-state index contributed by atoms with van der Waals surface area (Å²) >= 11 is 7.37. The van der Waals surface area contributed by atoms with Crippen molar-refractivity contribution < 1.29 is 4.79 Å². The van der Waals surface area contributed by atoms with Crippen LogP contribution in [0.15, 0.2) is 24.5 Å². The maximum atomic E-state index is 10.7. The topological polar surface area (TPSA) is 60.2 Å². The first-order valence-corrected chi connectivity index (χ1v) is 5.89. The van der Waals surface area contributed by atoms with E-state index in [-0.39, 0.29) is 0 Å². The molecular formula is C10H5ClN4OS. The van der Waals surface area contributed by atoms with Gasteiger partial charge in [-0.05, 0) is 12.1 Å². The van der Waals surface area contributed by atoms with Crippen LogP contribution in [0.4, 0.5) is 0 Å². The van der Waals surface area contributed by atoms with E-state index in [0.29, 0.717) is 10.6 Å². The van der Waals surface area contributed by atoms with Crippen molar-refractivity contribution >= 4 is 34.2 Å². The molecule has 17 heavy (non-hydrogen) atoms. The van der Waals surface area contributed by atoms with E-state index in [9.17, 15) is 4.79 Å². The van der Waals surface area contributed by atoms with Gasteiger partial charge in [-0.1, -0.05) is 29.0 Å². The Morgan fingerprint density at radius 2 is 2.29 bits per heavy atom. The van der Waals surface area contributed by atoms with Gasteiger partial charge in [-0.3, -0.25) is 4.79 Å². The molecule has 2 heterocycles. The van der Waals surface area contributed by atoms with E-state index in [2.05, 4.69) is 15.3 Å². The van der Waals surface area contributed by atoms with Gasteiger partial charge in [0, 0.05) is 11.1 Å². The van der Waals surface area contributed by atoms with Crippen molar-refractivity contribution in [2.45, 2.75) is 0 Å². The fourth-order valence-corrected chi connectivity index (χ4v) is 2.47. The van der Waals surface area contributed by atoms with Gasteiger partial charge < -0.3 is 0 Å². The first-order valence-electron chi connectivity index (χ1n) is 4.70. The number of rotatable bonds is 2. The lowest BCUT2D eigenvalue weighted by Crippen LogP contribution is -1.85. The highest BCUT2D eigenvalue weighted by Crippen LogP contribution is 2.28. The predicted octanol–water partition coefficient (Wildman–Crippen LogP) is 2.32. The number of aldehydes is 1. The SMILES string of the molecule is O=Cc1ccc(-c2nn3cnnc3s2)cc1Cl. The second-order valence-corrected chi connectivity index (χ2v) is 4.68. The minimum atomic E-state index is 0.420. The summed E-state index contributed by atoms with van der Waals surface area (Å²) in [5, 5.41) is 13.1. The third kappa shape index (κ3) is 1.71. The fourth-order valence-electron chi connectivity index (χ4n) is 1.43. The van der Waals surface area contributed by atoms with Crippen molar-refractivity contribution in [3.8, 4) is 10.6 Å². The number of halogens is 1. The standard InChI is InChI=1S/C10H5ClN4OS/c11-8-3-6(1-2-7(8)4-16)9-14-15-5-12-13-10(15)17-9/h1-5H. The average molecular weight is 265 g/mol. The van der Waals surface area contributed by atoms with E-state index >= 15 is 0 Å². The van der Waals surface area contributed by atoms with Crippen LogP contribution in [0.25, 0.3) is 15.5 Å². The molecule has 0 aliphatic rings. The highest BCUT2D eigenvalue weighted by atomic mass is 35.5. The van der Waals surface area contributed by atoms with Gasteiger partial charge in [-0.15, -0.1) is 10.2 Å². The van der Waals surface area contributed by atoms with Gasteiger partial charge in [-0.25, -0.2) is 0 Å². The molecule has 0 radical (unpaired) electrons. The van der Waals surface area contributed by atoms with Crippen LogP contribution in [-0.2, 0) is 0 Å². The minimum Gasteiger partial charge on any atom is -0.298 e. The van der Waals surface area contributed by atoms with Gasteiger partial charge in [0.15, 0.2) is 6.29 Å². The lowest BCUT2D eigenvalue weighted by Gasteiger charge is -1.98. The Morgan fingerprint density at radius 3 is 3.00 bits per heavy atom. The average Bonchev–Trinajstić information content (AvgIpc) is 2.88. The summed E-state index contributed by atoms with van der Waals surface area (Å²) in [6, 6.07) is 5.20. The van der Waals surface area contributed by atoms with Crippen molar-refractivity contribution in [2.24, 2.45) is 0 Å². The highest BCUT2D eigenvalue weighted by molar-refractivity contribution is 7.19. The molecule has 3 aromatic rings. The van der Waals surface area contributed by atoms with Crippen LogP contribution in [0.5, 0.6) is 0 Å². The van der Waals surface area contributed by atoms with Gasteiger partial charge in [-0.2, -0.15) is 9.61 Å². The number of carbonyl (C=O) groups is 1. The Kier molecular flexibility index (Phi) is 2.38. The third-order valence-electron chi connectivity index (χ3n) is 2.26. The molecule has 0 N–H and O–H groups in total. The fraction of sp³-hybridized carbons (Fsp3) is 0. The quantitative estimate of drug-likeness (QED) is 0.667. The summed E-state index contributed by atoms with van der Waals surface area (Å²) in [4.78, 5) is 11.4. The van der Waals surface area contributed by atoms with Gasteiger partial charge in [0.25, 0.3) is 0 Å². The second-order valence-electron chi connectivity index (χ2n) is 3.32. The molecule has 84 valence electrons. The van der Waals surface area contributed by atoms with E-state index < -0.39 is 0 Å². The summed E-state index contributed by atoms with van der Waals surface area (Å²) in [5.74, 6) is 0. The summed E-state index contributed by atoms with van der Waals surface area (Å²) in [7, 11) is 0. The van der Waals surface area contributed by atoms with Crippen LogP contribution < -0.4 is 0 Å². The van der Waals surface area contributed by atoms with E-state index in [1.807, 2.05) is 0 Å². The Hall–Kier alpha value is -1.79. The zero-order valence-corrected chi connectivity index (χ0v) is 9.94. The zero-order chi connectivity index (χ0) is 11.8. The van der Waals surface area contributed by atoms with E-state index in [1.54, 1.807) is 22.7 Å². The van der Waals surface area contributed by atoms with Crippen LogP contribution in [0.1, 0.15) is 10.4 Å². The minimum absolute atomic E-state index is 0.420. The van der Waals surface area contributed by atoms with Crippen molar-refractivity contribution in [1.82, 2.24) is 19.8 Å². The van der Waals surface area contributed by atoms with E-state index in [1.165, 1.54) is 17.7 Å². The van der Waals surface area contributed by atoms with Crippen LogP contribution in [-0.4, -0.2) is 26.1 Å². The molecule has 0 saturated carbocycles. The molecule has 0 saturated heterocycles. The summed E-state index contributed by atoms with van der Waals surface area (Å²) in [6.07, 6.45) is 2.27. The maximum Gasteiger partial charge on any atom is 0.234 e. The normalized spacial score (nSPS) is 10.9.